The molecule has 5 atom stereocenters. The molecule has 1 fully saturated rings. The maximum Gasteiger partial charge on any atom is 0.303 e. The zero-order valence-electron chi connectivity index (χ0n) is 15.6. The van der Waals surface area contributed by atoms with Crippen molar-refractivity contribution in [1.82, 2.24) is 16.0 Å². The topological polar surface area (TPSA) is 115 Å². The average molecular weight is 450 g/mol. The summed E-state index contributed by atoms with van der Waals surface area (Å²) in [5, 5.41) is 2.13. The van der Waals surface area contributed by atoms with Gasteiger partial charge in [-0.15, -0.1) is 5.53 Å². The predicted octanol–water partition coefficient (Wildman–Crippen LogP) is 0.477. The Morgan fingerprint density at radius 3 is 2.11 bits per heavy atom. The maximum absolute atomic E-state index is 11.7. The minimum Gasteiger partial charge on any atom is -0.456 e. The van der Waals surface area contributed by atoms with E-state index in [1.165, 1.54) is 20.8 Å². The number of esters is 3. The number of allylic oxidation sites excluding steroid dienone is 1. The molecule has 0 amide bonds. The van der Waals surface area contributed by atoms with Crippen LogP contribution in [0.1, 0.15) is 34.1 Å². The molecule has 27 heavy (non-hydrogen) atoms. The molecule has 0 aromatic rings. The molecule has 0 saturated carbocycles. The van der Waals surface area contributed by atoms with E-state index in [2.05, 4.69) is 26.9 Å². The van der Waals surface area contributed by atoms with Crippen molar-refractivity contribution in [3.63, 3.8) is 0 Å². The van der Waals surface area contributed by atoms with Gasteiger partial charge in [-0.2, -0.15) is 0 Å². The minimum atomic E-state index is -1.03. The largest absolute Gasteiger partial charge is 0.456 e. The van der Waals surface area contributed by atoms with E-state index in [1.807, 2.05) is 6.92 Å². The number of nitrogens with one attached hydrogen (secondary N) is 2. The first-order valence-electron chi connectivity index (χ1n) is 8.50. The van der Waals surface area contributed by atoms with Gasteiger partial charge in [0.15, 0.2) is 24.5 Å². The van der Waals surface area contributed by atoms with Gasteiger partial charge in [0.25, 0.3) is 0 Å². The van der Waals surface area contributed by atoms with Crippen LogP contribution >= 0.6 is 15.9 Å². The summed E-state index contributed by atoms with van der Waals surface area (Å²) < 4.78 is 22.3. The van der Waals surface area contributed by atoms with E-state index in [4.69, 9.17) is 18.9 Å². The summed E-state index contributed by atoms with van der Waals surface area (Å²) in [7, 11) is 0. The van der Waals surface area contributed by atoms with Crippen LogP contribution in [-0.4, -0.2) is 58.9 Å². The third-order valence-corrected chi connectivity index (χ3v) is 4.58. The summed E-state index contributed by atoms with van der Waals surface area (Å²) >= 11 is 3.34. The van der Waals surface area contributed by atoms with Crippen molar-refractivity contribution in [2.24, 2.45) is 0 Å². The van der Waals surface area contributed by atoms with E-state index in [-0.39, 0.29) is 0 Å². The van der Waals surface area contributed by atoms with Gasteiger partial charge in [-0.05, 0) is 6.42 Å². The molecule has 2 heterocycles. The molecule has 0 radical (unpaired) electrons. The SMILES string of the molecule is CC[C@H]1OC(N2C=C(CBr)NN2)[C@H](OC(C)=O)[C@@H](OC(C)=O)[C@@H]1OC(C)=O. The summed E-state index contributed by atoms with van der Waals surface area (Å²) in [6.07, 6.45) is -2.14. The fourth-order valence-corrected chi connectivity index (χ4v) is 3.28. The van der Waals surface area contributed by atoms with Gasteiger partial charge in [0, 0.05) is 32.3 Å². The lowest BCUT2D eigenvalue weighted by atomic mass is 9.95. The monoisotopic (exact) mass is 449 g/mol. The molecule has 1 unspecified atom stereocenters. The number of rotatable bonds is 6. The third-order valence-electron chi connectivity index (χ3n) is 3.98. The number of carbonyl (C=O) groups is 3. The Hall–Kier alpha value is -1.85. The zero-order valence-corrected chi connectivity index (χ0v) is 17.1. The number of nitrogens with zero attached hydrogens (tertiary/aromatic N) is 1. The number of alkyl halides is 1. The van der Waals surface area contributed by atoms with Gasteiger partial charge < -0.3 is 24.4 Å². The fraction of sp³-hybridized carbons (Fsp3) is 0.688. The lowest BCUT2D eigenvalue weighted by Crippen LogP contribution is -2.66. The van der Waals surface area contributed by atoms with E-state index >= 15 is 0 Å². The molecule has 0 aromatic carbocycles. The van der Waals surface area contributed by atoms with Crippen LogP contribution in [0.15, 0.2) is 11.9 Å². The molecule has 11 heteroatoms. The third kappa shape index (κ3) is 5.33. The Balaban J connectivity index is 2.40. The summed E-state index contributed by atoms with van der Waals surface area (Å²) in [4.78, 5) is 35.0. The second-order valence-electron chi connectivity index (χ2n) is 6.13. The molecule has 2 rings (SSSR count). The van der Waals surface area contributed by atoms with Crippen molar-refractivity contribution in [3.05, 3.63) is 11.9 Å². The number of halogens is 1. The highest BCUT2D eigenvalue weighted by Crippen LogP contribution is 2.32. The Bertz CT molecular complexity index is 615. The van der Waals surface area contributed by atoms with Gasteiger partial charge in [0.1, 0.15) is 6.10 Å². The molecule has 0 spiro atoms. The van der Waals surface area contributed by atoms with Gasteiger partial charge in [-0.3, -0.25) is 19.4 Å². The summed E-state index contributed by atoms with van der Waals surface area (Å²) in [6.45, 7) is 5.58. The first-order chi connectivity index (χ1) is 12.8. The standard InChI is InChI=1S/C16H24BrN3O7/c1-5-12-13(24-8(2)21)14(25-9(3)22)15(26-10(4)23)16(27-12)20-7-11(6-17)18-19-20/h7,12-16,18-19H,5-6H2,1-4H3/t12-,13-,14+,15-,16?/m1/s1. The van der Waals surface area contributed by atoms with Gasteiger partial charge in [-0.1, -0.05) is 22.9 Å². The van der Waals surface area contributed by atoms with Crippen LogP contribution in [0.25, 0.3) is 0 Å². The van der Waals surface area contributed by atoms with Gasteiger partial charge in [-0.25, -0.2) is 0 Å². The fourth-order valence-electron chi connectivity index (χ4n) is 3.00. The maximum atomic E-state index is 11.7. The highest BCUT2D eigenvalue weighted by molar-refractivity contribution is 9.09. The second-order valence-corrected chi connectivity index (χ2v) is 6.69. The Labute approximate surface area is 165 Å². The van der Waals surface area contributed by atoms with Crippen LogP contribution in [0.5, 0.6) is 0 Å². The van der Waals surface area contributed by atoms with Gasteiger partial charge >= 0.3 is 17.9 Å². The van der Waals surface area contributed by atoms with E-state index < -0.39 is 48.6 Å². The Kier molecular flexibility index (Phi) is 7.45. The molecule has 0 aliphatic carbocycles. The number of carbonyl (C=O) groups excluding carboxylic acids is 3. The lowest BCUT2D eigenvalue weighted by molar-refractivity contribution is -0.273. The van der Waals surface area contributed by atoms with Gasteiger partial charge in [0.05, 0.1) is 5.70 Å². The van der Waals surface area contributed by atoms with Crippen molar-refractivity contribution in [3.8, 4) is 0 Å². The lowest BCUT2D eigenvalue weighted by Gasteiger charge is -2.46. The molecule has 2 aliphatic rings. The molecule has 0 bridgehead atoms. The van der Waals surface area contributed by atoms with Crippen LogP contribution in [0.2, 0.25) is 0 Å². The second kappa shape index (κ2) is 9.38. The van der Waals surface area contributed by atoms with Crippen molar-refractivity contribution in [2.45, 2.75) is 64.8 Å². The molecule has 0 aromatic heterocycles. The smallest absolute Gasteiger partial charge is 0.303 e. The molecule has 1 saturated heterocycles. The number of hydrazine groups is 2. The van der Waals surface area contributed by atoms with Crippen LogP contribution in [0.4, 0.5) is 0 Å². The number of hydrogen-bond acceptors (Lipinski definition) is 10. The molecule has 10 nitrogen and oxygen atoms in total. The van der Waals surface area contributed by atoms with Crippen molar-refractivity contribution < 1.29 is 33.3 Å². The van der Waals surface area contributed by atoms with Crippen LogP contribution in [-0.2, 0) is 33.3 Å². The normalized spacial score (nSPS) is 30.2. The summed E-state index contributed by atoms with van der Waals surface area (Å²) in [6, 6.07) is 0. The molecule has 152 valence electrons. The summed E-state index contributed by atoms with van der Waals surface area (Å²) in [5.74, 6) is -1.73. The molecular formula is C16H24BrN3O7. The molecule has 2 aliphatic heterocycles. The minimum absolute atomic E-state index is 0.481. The highest BCUT2D eigenvalue weighted by atomic mass is 79.9. The first kappa shape index (κ1) is 21.5. The Morgan fingerprint density at radius 1 is 1.07 bits per heavy atom. The number of hydrogen-bond donors (Lipinski definition) is 2. The zero-order chi connectivity index (χ0) is 20.1. The predicted molar refractivity (Wildman–Crippen MR) is 95.6 cm³/mol. The van der Waals surface area contributed by atoms with Crippen LogP contribution in [0.3, 0.4) is 0 Å². The Morgan fingerprint density at radius 2 is 1.63 bits per heavy atom. The van der Waals surface area contributed by atoms with Crippen molar-refractivity contribution in [2.75, 3.05) is 5.33 Å². The van der Waals surface area contributed by atoms with Crippen molar-refractivity contribution in [1.29, 1.82) is 0 Å². The van der Waals surface area contributed by atoms with E-state index in [9.17, 15) is 14.4 Å². The number of ether oxygens (including phenoxy) is 4. The van der Waals surface area contributed by atoms with E-state index in [1.54, 1.807) is 11.2 Å². The summed E-state index contributed by atoms with van der Waals surface area (Å²) in [5.41, 5.74) is 6.66. The quantitative estimate of drug-likeness (QED) is 0.336. The van der Waals surface area contributed by atoms with Crippen LogP contribution < -0.4 is 11.0 Å². The van der Waals surface area contributed by atoms with Crippen molar-refractivity contribution >= 4 is 33.8 Å². The van der Waals surface area contributed by atoms with Gasteiger partial charge in [0.2, 0.25) is 0 Å². The van der Waals surface area contributed by atoms with E-state index in [0.29, 0.717) is 11.8 Å². The van der Waals surface area contributed by atoms with E-state index in [0.717, 1.165) is 5.70 Å². The molecule has 2 N–H and O–H groups in total. The highest BCUT2D eigenvalue weighted by Gasteiger charge is 2.53. The first-order valence-corrected chi connectivity index (χ1v) is 9.62. The molecular weight excluding hydrogens is 426 g/mol. The van der Waals surface area contributed by atoms with Crippen LogP contribution in [0, 0.1) is 0 Å². The average Bonchev–Trinajstić information content (AvgIpc) is 3.05.